The summed E-state index contributed by atoms with van der Waals surface area (Å²) in [6.07, 6.45) is 3.46. The molecule has 8 heteroatoms. The highest BCUT2D eigenvalue weighted by molar-refractivity contribution is 6.19. The van der Waals surface area contributed by atoms with Gasteiger partial charge in [-0.05, 0) is 55.8 Å². The first kappa shape index (κ1) is 26.3. The SMILES string of the molecule is CCN1C(=O)C(C#N)=C(C)/C(=C\c2cn(-c3ccccc3)nc2-c2cccc(OCc3ccccc3F)c2)C1=O. The predicted molar refractivity (Wildman–Crippen MR) is 148 cm³/mol. The lowest BCUT2D eigenvalue weighted by atomic mass is 9.93. The molecular formula is C32H25FN4O3. The largest absolute Gasteiger partial charge is 0.489 e. The molecule has 40 heavy (non-hydrogen) atoms. The second-order valence-corrected chi connectivity index (χ2v) is 9.15. The Hall–Kier alpha value is -5.29. The van der Waals surface area contributed by atoms with Gasteiger partial charge < -0.3 is 4.74 Å². The lowest BCUT2D eigenvalue weighted by Crippen LogP contribution is -2.42. The number of amides is 2. The van der Waals surface area contributed by atoms with Gasteiger partial charge in [-0.15, -0.1) is 0 Å². The molecule has 3 aromatic carbocycles. The predicted octanol–water partition coefficient (Wildman–Crippen LogP) is 5.87. The van der Waals surface area contributed by atoms with Crippen LogP contribution in [-0.2, 0) is 16.2 Å². The zero-order valence-electron chi connectivity index (χ0n) is 22.0. The van der Waals surface area contributed by atoms with Crippen molar-refractivity contribution in [1.29, 1.82) is 5.26 Å². The number of hydrogen-bond acceptors (Lipinski definition) is 5. The number of halogens is 1. The maximum absolute atomic E-state index is 14.1. The minimum atomic E-state index is -0.593. The highest BCUT2D eigenvalue weighted by atomic mass is 19.1. The second-order valence-electron chi connectivity index (χ2n) is 9.15. The minimum absolute atomic E-state index is 0.0573. The number of likely N-dealkylation sites (N-methyl/N-ethyl adjacent to an activating group) is 1. The summed E-state index contributed by atoms with van der Waals surface area (Å²) in [4.78, 5) is 27.0. The highest BCUT2D eigenvalue weighted by Gasteiger charge is 2.34. The zero-order chi connectivity index (χ0) is 28.2. The third kappa shape index (κ3) is 5.05. The van der Waals surface area contributed by atoms with E-state index in [1.165, 1.54) is 6.07 Å². The summed E-state index contributed by atoms with van der Waals surface area (Å²) in [7, 11) is 0. The molecule has 0 atom stereocenters. The number of benzene rings is 3. The fraction of sp³-hybridized carbons (Fsp3) is 0.125. The molecular weight excluding hydrogens is 507 g/mol. The van der Waals surface area contributed by atoms with E-state index >= 15 is 0 Å². The molecule has 1 aliphatic heterocycles. The Bertz CT molecular complexity index is 1710. The van der Waals surface area contributed by atoms with Gasteiger partial charge >= 0.3 is 0 Å². The molecule has 1 aromatic heterocycles. The van der Waals surface area contributed by atoms with Crippen LogP contribution >= 0.6 is 0 Å². The Kier molecular flexibility index (Phi) is 7.38. The summed E-state index contributed by atoms with van der Waals surface area (Å²) in [6.45, 7) is 3.49. The average Bonchev–Trinajstić information content (AvgIpc) is 3.40. The van der Waals surface area contributed by atoms with Crippen LogP contribution in [0.25, 0.3) is 23.0 Å². The summed E-state index contributed by atoms with van der Waals surface area (Å²) >= 11 is 0. The van der Waals surface area contributed by atoms with Crippen molar-refractivity contribution in [2.75, 3.05) is 6.54 Å². The second kappa shape index (κ2) is 11.2. The van der Waals surface area contributed by atoms with Gasteiger partial charge in [0.05, 0.1) is 5.69 Å². The molecule has 0 saturated heterocycles. The molecule has 0 fully saturated rings. The van der Waals surface area contributed by atoms with E-state index in [1.807, 2.05) is 48.5 Å². The summed E-state index contributed by atoms with van der Waals surface area (Å²) in [5.41, 5.74) is 3.64. The Balaban J connectivity index is 1.60. The van der Waals surface area contributed by atoms with Crippen molar-refractivity contribution in [3.63, 3.8) is 0 Å². The average molecular weight is 533 g/mol. The topological polar surface area (TPSA) is 88.2 Å². The molecule has 5 rings (SSSR count). The lowest BCUT2D eigenvalue weighted by Gasteiger charge is -2.26. The number of nitrogens with zero attached hydrogens (tertiary/aromatic N) is 4. The van der Waals surface area contributed by atoms with Gasteiger partial charge in [-0.3, -0.25) is 14.5 Å². The molecule has 1 aliphatic rings. The van der Waals surface area contributed by atoms with E-state index < -0.39 is 11.8 Å². The number of imide groups is 1. The lowest BCUT2D eigenvalue weighted by molar-refractivity contribution is -0.140. The van der Waals surface area contributed by atoms with Gasteiger partial charge in [-0.25, -0.2) is 9.07 Å². The van der Waals surface area contributed by atoms with Gasteiger partial charge in [-0.2, -0.15) is 10.4 Å². The smallest absolute Gasteiger partial charge is 0.271 e. The van der Waals surface area contributed by atoms with Crippen LogP contribution in [0.15, 0.2) is 102 Å². The van der Waals surface area contributed by atoms with Crippen LogP contribution in [0.3, 0.4) is 0 Å². The third-order valence-electron chi connectivity index (χ3n) is 6.66. The van der Waals surface area contributed by atoms with Crippen molar-refractivity contribution in [2.45, 2.75) is 20.5 Å². The van der Waals surface area contributed by atoms with E-state index in [1.54, 1.807) is 61.1 Å². The summed E-state index contributed by atoms with van der Waals surface area (Å²) in [6, 6.07) is 25.2. The molecule has 0 saturated carbocycles. The van der Waals surface area contributed by atoms with Gasteiger partial charge in [0.1, 0.15) is 35.5 Å². The number of carbonyl (C=O) groups excluding carboxylic acids is 2. The van der Waals surface area contributed by atoms with Crippen LogP contribution in [0, 0.1) is 17.1 Å². The van der Waals surface area contributed by atoms with E-state index in [0.717, 1.165) is 10.6 Å². The van der Waals surface area contributed by atoms with Crippen LogP contribution in [0.2, 0.25) is 0 Å². The van der Waals surface area contributed by atoms with Gasteiger partial charge in [0.25, 0.3) is 11.8 Å². The molecule has 2 amide bonds. The van der Waals surface area contributed by atoms with E-state index in [9.17, 15) is 19.2 Å². The van der Waals surface area contributed by atoms with E-state index in [2.05, 4.69) is 0 Å². The standard InChI is InChI=1S/C32H25FN4O3/c1-3-36-31(38)27(21(2)28(18-34)32(36)39)17-24-19-37(25-12-5-4-6-13-25)35-30(24)22-11-9-14-26(16-22)40-20-23-10-7-8-15-29(23)33/h4-17,19H,3,20H2,1-2H3/b27-17+. The first-order valence-electron chi connectivity index (χ1n) is 12.7. The van der Waals surface area contributed by atoms with Crippen LogP contribution < -0.4 is 4.74 Å². The number of nitriles is 1. The van der Waals surface area contributed by atoms with Crippen molar-refractivity contribution in [2.24, 2.45) is 0 Å². The first-order valence-corrected chi connectivity index (χ1v) is 12.7. The fourth-order valence-corrected chi connectivity index (χ4v) is 4.51. The molecule has 0 N–H and O–H groups in total. The Morgan fingerprint density at radius 3 is 2.48 bits per heavy atom. The van der Waals surface area contributed by atoms with Crippen LogP contribution in [0.4, 0.5) is 4.39 Å². The summed E-state index contributed by atoms with van der Waals surface area (Å²) in [5.74, 6) is -0.881. The third-order valence-corrected chi connectivity index (χ3v) is 6.66. The quantitative estimate of drug-likeness (QED) is 0.219. The van der Waals surface area contributed by atoms with Crippen molar-refractivity contribution in [3.05, 3.63) is 119 Å². The fourth-order valence-electron chi connectivity index (χ4n) is 4.51. The molecule has 0 unspecified atom stereocenters. The zero-order valence-corrected chi connectivity index (χ0v) is 22.0. The van der Waals surface area contributed by atoms with Crippen LogP contribution in [0.5, 0.6) is 5.75 Å². The summed E-state index contributed by atoms with van der Waals surface area (Å²) in [5, 5.41) is 14.5. The van der Waals surface area contributed by atoms with Gasteiger partial charge in [0.15, 0.2) is 0 Å². The van der Waals surface area contributed by atoms with Gasteiger partial charge in [0.2, 0.25) is 0 Å². The number of aromatic nitrogens is 2. The minimum Gasteiger partial charge on any atom is -0.489 e. The van der Waals surface area contributed by atoms with Crippen LogP contribution in [0.1, 0.15) is 25.0 Å². The molecule has 2 heterocycles. The Morgan fingerprint density at radius 1 is 1.00 bits per heavy atom. The number of hydrogen-bond donors (Lipinski definition) is 0. The molecule has 7 nitrogen and oxygen atoms in total. The van der Waals surface area contributed by atoms with E-state index in [4.69, 9.17) is 9.84 Å². The van der Waals surface area contributed by atoms with E-state index in [0.29, 0.717) is 33.7 Å². The monoisotopic (exact) mass is 532 g/mol. The summed E-state index contributed by atoms with van der Waals surface area (Å²) < 4.78 is 21.7. The first-order chi connectivity index (χ1) is 19.4. The molecule has 0 aliphatic carbocycles. The van der Waals surface area contributed by atoms with Crippen LogP contribution in [-0.4, -0.2) is 33.0 Å². The van der Waals surface area contributed by atoms with Crippen molar-refractivity contribution >= 4 is 17.9 Å². The van der Waals surface area contributed by atoms with Crippen molar-refractivity contribution in [1.82, 2.24) is 14.7 Å². The number of rotatable bonds is 7. The van der Waals surface area contributed by atoms with Gasteiger partial charge in [0, 0.05) is 35.0 Å². The maximum Gasteiger partial charge on any atom is 0.271 e. The number of carbonyl (C=O) groups is 2. The number of ether oxygens (including phenoxy) is 1. The molecule has 0 radical (unpaired) electrons. The van der Waals surface area contributed by atoms with Gasteiger partial charge in [-0.1, -0.05) is 48.5 Å². The molecule has 0 bridgehead atoms. The van der Waals surface area contributed by atoms with Crippen molar-refractivity contribution < 1.29 is 18.7 Å². The Labute approximate surface area is 231 Å². The molecule has 0 spiro atoms. The maximum atomic E-state index is 14.1. The molecule has 4 aromatic rings. The normalized spacial score (nSPS) is 14.6. The Morgan fingerprint density at radius 2 is 1.75 bits per heavy atom. The van der Waals surface area contributed by atoms with E-state index in [-0.39, 0.29) is 30.1 Å². The molecule has 198 valence electrons. The number of para-hydroxylation sites is 1. The highest BCUT2D eigenvalue weighted by Crippen LogP contribution is 2.32. The van der Waals surface area contributed by atoms with Crippen molar-refractivity contribution in [3.8, 4) is 28.8 Å².